The van der Waals surface area contributed by atoms with Gasteiger partial charge in [-0.15, -0.1) is 0 Å². The minimum atomic E-state index is -0.00926. The maximum Gasteiger partial charge on any atom is 0.129 e. The molecular formula is C16H15NO2. The van der Waals surface area contributed by atoms with Crippen LogP contribution >= 0.6 is 0 Å². The van der Waals surface area contributed by atoms with E-state index in [1.165, 1.54) is 0 Å². The third kappa shape index (κ3) is 2.32. The Morgan fingerprint density at radius 2 is 1.79 bits per heavy atom. The maximum atomic E-state index is 6.06. The van der Waals surface area contributed by atoms with Crippen molar-refractivity contribution in [1.82, 2.24) is 0 Å². The number of para-hydroxylation sites is 1. The Balaban J connectivity index is 2.00. The molecule has 0 N–H and O–H groups in total. The molecule has 0 aliphatic carbocycles. The van der Waals surface area contributed by atoms with Gasteiger partial charge in [-0.25, -0.2) is 0 Å². The molecule has 0 bridgehead atoms. The van der Waals surface area contributed by atoms with Crippen molar-refractivity contribution in [2.75, 3.05) is 7.11 Å². The third-order valence-corrected chi connectivity index (χ3v) is 3.22. The molecule has 1 heterocycles. The minimum absolute atomic E-state index is 0.00926. The molecule has 1 unspecified atom stereocenters. The standard InChI is InChI=1S/C16H15NO2/c1-18-17-14-11-16(12-7-3-2-4-8-12)19-15-10-6-5-9-13(14)15/h2-10,16H,11H2,1H3/b17-14+. The zero-order valence-electron chi connectivity index (χ0n) is 10.7. The number of rotatable bonds is 2. The fourth-order valence-corrected chi connectivity index (χ4v) is 2.34. The van der Waals surface area contributed by atoms with E-state index < -0.39 is 0 Å². The number of hydrogen-bond donors (Lipinski definition) is 0. The lowest BCUT2D eigenvalue weighted by atomic mass is 9.96. The van der Waals surface area contributed by atoms with Gasteiger partial charge in [-0.05, 0) is 17.7 Å². The van der Waals surface area contributed by atoms with Crippen molar-refractivity contribution in [3.63, 3.8) is 0 Å². The zero-order valence-corrected chi connectivity index (χ0v) is 10.7. The Bertz CT molecular complexity index is 593. The molecule has 19 heavy (non-hydrogen) atoms. The van der Waals surface area contributed by atoms with Crippen molar-refractivity contribution in [2.45, 2.75) is 12.5 Å². The smallest absolute Gasteiger partial charge is 0.129 e. The highest BCUT2D eigenvalue weighted by atomic mass is 16.6. The van der Waals surface area contributed by atoms with Crippen LogP contribution in [-0.2, 0) is 4.84 Å². The fraction of sp³-hybridized carbons (Fsp3) is 0.188. The lowest BCUT2D eigenvalue weighted by Gasteiger charge is -2.27. The van der Waals surface area contributed by atoms with E-state index in [0.29, 0.717) is 0 Å². The van der Waals surface area contributed by atoms with Gasteiger partial charge in [-0.2, -0.15) is 0 Å². The average Bonchev–Trinajstić information content (AvgIpc) is 2.48. The molecule has 96 valence electrons. The normalized spacial score (nSPS) is 19.6. The van der Waals surface area contributed by atoms with Crippen LogP contribution in [0.1, 0.15) is 23.7 Å². The largest absolute Gasteiger partial charge is 0.485 e. The number of fused-ring (bicyclic) bond motifs is 1. The molecule has 0 amide bonds. The van der Waals surface area contributed by atoms with E-state index in [0.717, 1.165) is 29.0 Å². The summed E-state index contributed by atoms with van der Waals surface area (Å²) < 4.78 is 6.06. The van der Waals surface area contributed by atoms with Crippen molar-refractivity contribution in [1.29, 1.82) is 0 Å². The summed E-state index contributed by atoms with van der Waals surface area (Å²) in [6.45, 7) is 0. The monoisotopic (exact) mass is 253 g/mol. The molecular weight excluding hydrogens is 238 g/mol. The summed E-state index contributed by atoms with van der Waals surface area (Å²) in [6, 6.07) is 18.1. The molecule has 0 saturated carbocycles. The van der Waals surface area contributed by atoms with Crippen LogP contribution in [0.2, 0.25) is 0 Å². The molecule has 0 spiro atoms. The van der Waals surface area contributed by atoms with Crippen molar-refractivity contribution in [3.05, 3.63) is 65.7 Å². The summed E-state index contributed by atoms with van der Waals surface area (Å²) in [5.74, 6) is 0.860. The van der Waals surface area contributed by atoms with E-state index in [2.05, 4.69) is 17.3 Å². The van der Waals surface area contributed by atoms with Crippen LogP contribution in [0.15, 0.2) is 59.8 Å². The van der Waals surface area contributed by atoms with Gasteiger partial charge in [0.1, 0.15) is 19.0 Å². The molecule has 3 nitrogen and oxygen atoms in total. The Morgan fingerprint density at radius 1 is 1.05 bits per heavy atom. The summed E-state index contributed by atoms with van der Waals surface area (Å²) in [5.41, 5.74) is 3.09. The first kappa shape index (κ1) is 11.8. The second kappa shape index (κ2) is 5.14. The number of ether oxygens (including phenoxy) is 1. The van der Waals surface area contributed by atoms with E-state index in [-0.39, 0.29) is 6.10 Å². The van der Waals surface area contributed by atoms with Crippen LogP contribution in [0, 0.1) is 0 Å². The highest BCUT2D eigenvalue weighted by Crippen LogP contribution is 2.34. The molecule has 0 aromatic heterocycles. The first-order chi connectivity index (χ1) is 9.38. The van der Waals surface area contributed by atoms with E-state index >= 15 is 0 Å². The van der Waals surface area contributed by atoms with E-state index in [1.54, 1.807) is 7.11 Å². The Kier molecular flexibility index (Phi) is 3.19. The van der Waals surface area contributed by atoms with E-state index in [1.807, 2.05) is 42.5 Å². The third-order valence-electron chi connectivity index (χ3n) is 3.22. The Labute approximate surface area is 112 Å². The average molecular weight is 253 g/mol. The maximum absolute atomic E-state index is 6.06. The first-order valence-corrected chi connectivity index (χ1v) is 6.29. The lowest BCUT2D eigenvalue weighted by Crippen LogP contribution is -2.21. The number of nitrogens with zero attached hydrogens (tertiary/aromatic N) is 1. The SMILES string of the molecule is CO/N=C1\CC(c2ccccc2)Oc2ccccc21. The van der Waals surface area contributed by atoms with Gasteiger partial charge in [-0.1, -0.05) is 47.6 Å². The predicted molar refractivity (Wildman–Crippen MR) is 74.4 cm³/mol. The summed E-state index contributed by atoms with van der Waals surface area (Å²) in [7, 11) is 1.57. The first-order valence-electron chi connectivity index (χ1n) is 6.29. The zero-order chi connectivity index (χ0) is 13.1. The Morgan fingerprint density at radius 3 is 2.58 bits per heavy atom. The predicted octanol–water partition coefficient (Wildman–Crippen LogP) is 3.56. The quantitative estimate of drug-likeness (QED) is 0.766. The van der Waals surface area contributed by atoms with Crippen LogP contribution < -0.4 is 4.74 Å². The Hall–Kier alpha value is -2.29. The van der Waals surface area contributed by atoms with Gasteiger partial charge in [0.15, 0.2) is 0 Å². The fourth-order valence-electron chi connectivity index (χ4n) is 2.34. The van der Waals surface area contributed by atoms with Crippen LogP contribution in [-0.4, -0.2) is 12.8 Å². The van der Waals surface area contributed by atoms with Gasteiger partial charge in [0, 0.05) is 12.0 Å². The highest BCUT2D eigenvalue weighted by Gasteiger charge is 2.26. The number of hydrogen-bond acceptors (Lipinski definition) is 3. The summed E-state index contributed by atoms with van der Waals surface area (Å²) >= 11 is 0. The molecule has 0 saturated heterocycles. The second-order valence-corrected chi connectivity index (χ2v) is 4.44. The van der Waals surface area contributed by atoms with E-state index in [9.17, 15) is 0 Å². The number of benzene rings is 2. The van der Waals surface area contributed by atoms with Crippen LogP contribution in [0.5, 0.6) is 5.75 Å². The summed E-state index contributed by atoms with van der Waals surface area (Å²) in [4.78, 5) is 4.95. The van der Waals surface area contributed by atoms with Gasteiger partial charge in [0.25, 0.3) is 0 Å². The lowest BCUT2D eigenvalue weighted by molar-refractivity contribution is 0.190. The second-order valence-electron chi connectivity index (χ2n) is 4.44. The van der Waals surface area contributed by atoms with Crippen molar-refractivity contribution in [2.24, 2.45) is 5.16 Å². The topological polar surface area (TPSA) is 30.8 Å². The number of oxime groups is 1. The van der Waals surface area contributed by atoms with Crippen molar-refractivity contribution in [3.8, 4) is 5.75 Å². The summed E-state index contributed by atoms with van der Waals surface area (Å²) in [6.07, 6.45) is 0.708. The van der Waals surface area contributed by atoms with Gasteiger partial charge in [0.05, 0.1) is 5.71 Å². The van der Waals surface area contributed by atoms with Crippen LogP contribution in [0.25, 0.3) is 0 Å². The molecule has 3 heteroatoms. The molecule has 0 radical (unpaired) electrons. The van der Waals surface area contributed by atoms with Crippen LogP contribution in [0.3, 0.4) is 0 Å². The van der Waals surface area contributed by atoms with Crippen molar-refractivity contribution < 1.29 is 9.57 Å². The van der Waals surface area contributed by atoms with Gasteiger partial charge >= 0.3 is 0 Å². The summed E-state index contributed by atoms with van der Waals surface area (Å²) in [5, 5.41) is 4.14. The van der Waals surface area contributed by atoms with Gasteiger partial charge in [0.2, 0.25) is 0 Å². The highest BCUT2D eigenvalue weighted by molar-refractivity contribution is 6.03. The van der Waals surface area contributed by atoms with E-state index in [4.69, 9.17) is 9.57 Å². The van der Waals surface area contributed by atoms with Gasteiger partial charge < -0.3 is 9.57 Å². The van der Waals surface area contributed by atoms with Crippen molar-refractivity contribution >= 4 is 5.71 Å². The van der Waals surface area contributed by atoms with Crippen LogP contribution in [0.4, 0.5) is 0 Å². The minimum Gasteiger partial charge on any atom is -0.485 e. The molecule has 2 aromatic carbocycles. The molecule has 1 aliphatic heterocycles. The molecule has 3 rings (SSSR count). The molecule has 1 aliphatic rings. The molecule has 2 aromatic rings. The molecule has 0 fully saturated rings. The molecule has 1 atom stereocenters. The van der Waals surface area contributed by atoms with Gasteiger partial charge in [-0.3, -0.25) is 0 Å².